The van der Waals surface area contributed by atoms with Crippen molar-refractivity contribution in [3.05, 3.63) is 60.0 Å². The Morgan fingerprint density at radius 1 is 1.14 bits per heavy atom. The maximum Gasteiger partial charge on any atom is 0.277 e. The van der Waals surface area contributed by atoms with Gasteiger partial charge in [0.2, 0.25) is 0 Å². The molecule has 106 valence electrons. The summed E-state index contributed by atoms with van der Waals surface area (Å²) in [7, 11) is 1.77. The number of para-hydroxylation sites is 1. The Balaban J connectivity index is 1.91. The molecule has 2 aromatic heterocycles. The highest BCUT2D eigenvalue weighted by molar-refractivity contribution is 6.02. The minimum absolute atomic E-state index is 0.257. The van der Waals surface area contributed by atoms with Gasteiger partial charge in [-0.05, 0) is 25.1 Å². The number of carbonyl (C=O) groups is 1. The maximum absolute atomic E-state index is 12.2. The van der Waals surface area contributed by atoms with Crippen molar-refractivity contribution >= 4 is 11.7 Å². The second-order valence-electron chi connectivity index (χ2n) is 4.75. The highest BCUT2D eigenvalue weighted by atomic mass is 16.2. The van der Waals surface area contributed by atoms with Crippen molar-refractivity contribution in [1.29, 1.82) is 0 Å². The van der Waals surface area contributed by atoms with Crippen LogP contribution in [-0.2, 0) is 7.05 Å². The lowest BCUT2D eigenvalue weighted by atomic mass is 10.3. The number of amides is 1. The van der Waals surface area contributed by atoms with Gasteiger partial charge in [-0.1, -0.05) is 18.2 Å². The lowest BCUT2D eigenvalue weighted by Crippen LogP contribution is -2.16. The molecule has 0 aliphatic carbocycles. The van der Waals surface area contributed by atoms with Crippen LogP contribution in [-0.4, -0.2) is 25.5 Å². The topological polar surface area (TPSA) is 64.7 Å². The molecule has 1 aromatic carbocycles. The van der Waals surface area contributed by atoms with Gasteiger partial charge < -0.3 is 5.32 Å². The van der Waals surface area contributed by atoms with E-state index in [2.05, 4.69) is 15.5 Å². The molecule has 21 heavy (non-hydrogen) atoms. The van der Waals surface area contributed by atoms with E-state index >= 15 is 0 Å². The van der Waals surface area contributed by atoms with Crippen molar-refractivity contribution in [3.63, 3.8) is 0 Å². The maximum atomic E-state index is 12.2. The second-order valence-corrected chi connectivity index (χ2v) is 4.75. The third-order valence-electron chi connectivity index (χ3n) is 3.02. The van der Waals surface area contributed by atoms with Gasteiger partial charge in [0, 0.05) is 19.3 Å². The molecular weight excluding hydrogens is 266 g/mol. The van der Waals surface area contributed by atoms with E-state index in [1.165, 1.54) is 0 Å². The molecular formula is C15H15N5O. The van der Waals surface area contributed by atoms with Crippen molar-refractivity contribution in [1.82, 2.24) is 19.6 Å². The highest BCUT2D eigenvalue weighted by Crippen LogP contribution is 2.17. The minimum Gasteiger partial charge on any atom is -0.305 e. The first-order chi connectivity index (χ1) is 10.1. The fourth-order valence-corrected chi connectivity index (χ4v) is 2.07. The Labute approximate surface area is 122 Å². The molecule has 3 rings (SSSR count). The summed E-state index contributed by atoms with van der Waals surface area (Å²) in [5, 5.41) is 11.3. The highest BCUT2D eigenvalue weighted by Gasteiger charge is 2.13. The monoisotopic (exact) mass is 281 g/mol. The van der Waals surface area contributed by atoms with Crippen molar-refractivity contribution < 1.29 is 4.79 Å². The second kappa shape index (κ2) is 5.24. The molecule has 1 N–H and O–H groups in total. The van der Waals surface area contributed by atoms with Gasteiger partial charge in [0.25, 0.3) is 5.91 Å². The molecule has 6 nitrogen and oxygen atoms in total. The molecule has 0 bridgehead atoms. The average Bonchev–Trinajstić information content (AvgIpc) is 3.06. The Hall–Kier alpha value is -2.89. The van der Waals surface area contributed by atoms with Crippen molar-refractivity contribution in [2.24, 2.45) is 7.05 Å². The molecule has 0 aliphatic rings. The molecule has 0 radical (unpaired) electrons. The summed E-state index contributed by atoms with van der Waals surface area (Å²) < 4.78 is 3.30. The van der Waals surface area contributed by atoms with E-state index in [9.17, 15) is 4.79 Å². The van der Waals surface area contributed by atoms with Gasteiger partial charge in [-0.3, -0.25) is 9.48 Å². The Bertz CT molecular complexity index is 772. The number of rotatable bonds is 3. The summed E-state index contributed by atoms with van der Waals surface area (Å²) in [6, 6.07) is 13.2. The standard InChI is InChI=1S/C15H15N5O/c1-11-10-14(16-15(21)13-8-9-19(2)18-13)20(17-11)12-6-4-3-5-7-12/h3-10H,1-2H3,(H,16,21). The van der Waals surface area contributed by atoms with E-state index in [0.29, 0.717) is 11.5 Å². The number of benzene rings is 1. The van der Waals surface area contributed by atoms with Gasteiger partial charge in [-0.2, -0.15) is 10.2 Å². The lowest BCUT2D eigenvalue weighted by molar-refractivity contribution is 0.102. The third-order valence-corrected chi connectivity index (χ3v) is 3.02. The third kappa shape index (κ3) is 2.69. The zero-order chi connectivity index (χ0) is 14.8. The van der Waals surface area contributed by atoms with E-state index in [1.54, 1.807) is 28.7 Å². The van der Waals surface area contributed by atoms with Crippen LogP contribution in [0.25, 0.3) is 5.69 Å². The average molecular weight is 281 g/mol. The zero-order valence-corrected chi connectivity index (χ0v) is 11.8. The smallest absolute Gasteiger partial charge is 0.277 e. The number of hydrogen-bond acceptors (Lipinski definition) is 3. The number of nitrogens with zero attached hydrogens (tertiary/aromatic N) is 4. The number of anilines is 1. The molecule has 0 saturated carbocycles. The van der Waals surface area contributed by atoms with Gasteiger partial charge >= 0.3 is 0 Å². The van der Waals surface area contributed by atoms with Gasteiger partial charge in [-0.15, -0.1) is 0 Å². The van der Waals surface area contributed by atoms with Gasteiger partial charge in [0.1, 0.15) is 5.82 Å². The van der Waals surface area contributed by atoms with Crippen LogP contribution in [0.1, 0.15) is 16.2 Å². The quantitative estimate of drug-likeness (QED) is 0.800. The van der Waals surface area contributed by atoms with Crippen LogP contribution in [0.2, 0.25) is 0 Å². The fraction of sp³-hybridized carbons (Fsp3) is 0.133. The number of nitrogens with one attached hydrogen (secondary N) is 1. The Kier molecular flexibility index (Phi) is 3.27. The van der Waals surface area contributed by atoms with E-state index in [4.69, 9.17) is 0 Å². The molecule has 0 unspecified atom stereocenters. The SMILES string of the molecule is Cc1cc(NC(=O)c2ccn(C)n2)n(-c2ccccc2)n1. The predicted molar refractivity (Wildman–Crippen MR) is 79.5 cm³/mol. The molecule has 2 heterocycles. The molecule has 0 fully saturated rings. The lowest BCUT2D eigenvalue weighted by Gasteiger charge is -2.07. The number of carbonyl (C=O) groups excluding carboxylic acids is 1. The van der Waals surface area contributed by atoms with E-state index in [1.807, 2.05) is 43.3 Å². The van der Waals surface area contributed by atoms with Crippen LogP contribution in [0.3, 0.4) is 0 Å². The van der Waals surface area contributed by atoms with Crippen LogP contribution in [0, 0.1) is 6.92 Å². The van der Waals surface area contributed by atoms with Crippen LogP contribution in [0.4, 0.5) is 5.82 Å². The molecule has 0 saturated heterocycles. The summed E-state index contributed by atoms with van der Waals surface area (Å²) in [4.78, 5) is 12.2. The van der Waals surface area contributed by atoms with Crippen LogP contribution < -0.4 is 5.32 Å². The van der Waals surface area contributed by atoms with Gasteiger partial charge in [0.15, 0.2) is 5.69 Å². The number of aryl methyl sites for hydroxylation is 2. The molecule has 1 amide bonds. The summed E-state index contributed by atoms with van der Waals surface area (Å²) >= 11 is 0. The van der Waals surface area contributed by atoms with Crippen LogP contribution in [0.15, 0.2) is 48.7 Å². The van der Waals surface area contributed by atoms with Gasteiger partial charge in [0.05, 0.1) is 11.4 Å². The van der Waals surface area contributed by atoms with Crippen LogP contribution in [0.5, 0.6) is 0 Å². The summed E-state index contributed by atoms with van der Waals surface area (Å²) in [6.07, 6.45) is 1.73. The minimum atomic E-state index is -0.257. The summed E-state index contributed by atoms with van der Waals surface area (Å²) in [5.41, 5.74) is 2.09. The first-order valence-corrected chi connectivity index (χ1v) is 6.56. The van der Waals surface area contributed by atoms with Gasteiger partial charge in [-0.25, -0.2) is 4.68 Å². The van der Waals surface area contributed by atoms with E-state index in [0.717, 1.165) is 11.4 Å². The molecule has 6 heteroatoms. The Morgan fingerprint density at radius 3 is 2.57 bits per heavy atom. The van der Waals surface area contributed by atoms with Crippen molar-refractivity contribution in [3.8, 4) is 5.69 Å². The summed E-state index contributed by atoms with van der Waals surface area (Å²) in [5.74, 6) is 0.363. The molecule has 0 aliphatic heterocycles. The van der Waals surface area contributed by atoms with E-state index < -0.39 is 0 Å². The Morgan fingerprint density at radius 2 is 1.90 bits per heavy atom. The largest absolute Gasteiger partial charge is 0.305 e. The van der Waals surface area contributed by atoms with Crippen molar-refractivity contribution in [2.75, 3.05) is 5.32 Å². The predicted octanol–water partition coefficient (Wildman–Crippen LogP) is 2.17. The number of hydrogen-bond donors (Lipinski definition) is 1. The van der Waals surface area contributed by atoms with E-state index in [-0.39, 0.29) is 5.91 Å². The van der Waals surface area contributed by atoms with Crippen molar-refractivity contribution in [2.45, 2.75) is 6.92 Å². The zero-order valence-electron chi connectivity index (χ0n) is 11.8. The molecule has 3 aromatic rings. The normalized spacial score (nSPS) is 10.6. The fourth-order valence-electron chi connectivity index (χ4n) is 2.07. The molecule has 0 spiro atoms. The first-order valence-electron chi connectivity index (χ1n) is 6.56. The number of aromatic nitrogens is 4. The first kappa shape index (κ1) is 13.1. The summed E-state index contributed by atoms with van der Waals surface area (Å²) in [6.45, 7) is 1.88. The van der Waals surface area contributed by atoms with Crippen LogP contribution >= 0.6 is 0 Å². The molecule has 0 atom stereocenters.